The molecule has 1 fully saturated rings. The van der Waals surface area contributed by atoms with Crippen molar-refractivity contribution in [3.05, 3.63) is 23.8 Å². The molecule has 0 amide bonds. The van der Waals surface area contributed by atoms with Gasteiger partial charge in [-0.15, -0.1) is 0 Å². The van der Waals surface area contributed by atoms with Crippen molar-refractivity contribution in [1.29, 1.82) is 0 Å². The van der Waals surface area contributed by atoms with Crippen molar-refractivity contribution in [3.63, 3.8) is 0 Å². The summed E-state index contributed by atoms with van der Waals surface area (Å²) in [5.41, 5.74) is 1.31. The average Bonchev–Trinajstić information content (AvgIpc) is 2.77. The van der Waals surface area contributed by atoms with Gasteiger partial charge in [0, 0.05) is 24.3 Å². The molecule has 1 saturated heterocycles. The summed E-state index contributed by atoms with van der Waals surface area (Å²) in [7, 11) is 0. The van der Waals surface area contributed by atoms with Gasteiger partial charge in [0.15, 0.2) is 11.5 Å². The molecule has 2 heterocycles. The van der Waals surface area contributed by atoms with Gasteiger partial charge in [0.2, 0.25) is 0 Å². The minimum Gasteiger partial charge on any atom is -0.490 e. The fraction of sp³-hybridized carbons (Fsp3) is 0.600. The summed E-state index contributed by atoms with van der Waals surface area (Å²) in [6.45, 7) is 3.77. The highest BCUT2D eigenvalue weighted by Gasteiger charge is 2.20. The molecule has 0 aliphatic carbocycles. The van der Waals surface area contributed by atoms with Crippen LogP contribution in [0.2, 0.25) is 0 Å². The Morgan fingerprint density at radius 1 is 1.21 bits per heavy atom. The molecule has 3 rings (SSSR count). The third-order valence-corrected chi connectivity index (χ3v) is 4.73. The van der Waals surface area contributed by atoms with E-state index in [-0.39, 0.29) is 0 Å². The Balaban J connectivity index is 1.82. The highest BCUT2D eigenvalue weighted by Crippen LogP contribution is 2.34. The second-order valence-electron chi connectivity index (χ2n) is 5.24. The molecule has 4 heteroatoms. The zero-order valence-corrected chi connectivity index (χ0v) is 12.2. The molecule has 104 valence electrons. The summed E-state index contributed by atoms with van der Waals surface area (Å²) in [4.78, 5) is 0. The van der Waals surface area contributed by atoms with Crippen LogP contribution in [-0.4, -0.2) is 30.8 Å². The summed E-state index contributed by atoms with van der Waals surface area (Å²) >= 11 is 2.03. The van der Waals surface area contributed by atoms with Gasteiger partial charge in [-0.05, 0) is 36.8 Å². The van der Waals surface area contributed by atoms with Crippen molar-refractivity contribution in [1.82, 2.24) is 5.32 Å². The van der Waals surface area contributed by atoms with E-state index in [0.29, 0.717) is 12.1 Å². The van der Waals surface area contributed by atoms with Gasteiger partial charge in [0.1, 0.15) is 0 Å². The van der Waals surface area contributed by atoms with Crippen molar-refractivity contribution in [2.24, 2.45) is 0 Å². The maximum atomic E-state index is 5.78. The van der Waals surface area contributed by atoms with E-state index >= 15 is 0 Å². The molecular weight excluding hydrogens is 258 g/mol. The van der Waals surface area contributed by atoms with Crippen LogP contribution < -0.4 is 14.8 Å². The van der Waals surface area contributed by atoms with Crippen LogP contribution >= 0.6 is 11.8 Å². The van der Waals surface area contributed by atoms with Crippen molar-refractivity contribution in [2.75, 3.05) is 24.7 Å². The first kappa shape index (κ1) is 13.1. The number of rotatable bonds is 1. The molecule has 0 spiro atoms. The van der Waals surface area contributed by atoms with Crippen LogP contribution in [0.15, 0.2) is 18.2 Å². The van der Waals surface area contributed by atoms with Crippen molar-refractivity contribution in [2.45, 2.75) is 31.8 Å². The lowest BCUT2D eigenvalue weighted by Crippen LogP contribution is -2.30. The second-order valence-corrected chi connectivity index (χ2v) is 6.39. The summed E-state index contributed by atoms with van der Waals surface area (Å²) < 4.78 is 11.5. The number of benzene rings is 1. The standard InChI is InChI=1S/C15H21NO2S/c1-11-5-8-19-10-13(16-11)12-3-4-14-15(9-12)18-7-2-6-17-14/h3-4,9,11,13,16H,2,5-8,10H2,1H3. The van der Waals surface area contributed by atoms with Gasteiger partial charge in [-0.3, -0.25) is 0 Å². The van der Waals surface area contributed by atoms with Crippen LogP contribution in [0.3, 0.4) is 0 Å². The second kappa shape index (κ2) is 6.06. The lowest BCUT2D eigenvalue weighted by atomic mass is 10.1. The zero-order valence-electron chi connectivity index (χ0n) is 11.4. The van der Waals surface area contributed by atoms with Crippen LogP contribution in [-0.2, 0) is 0 Å². The van der Waals surface area contributed by atoms with E-state index in [0.717, 1.165) is 36.9 Å². The van der Waals surface area contributed by atoms with Crippen molar-refractivity contribution < 1.29 is 9.47 Å². The Kier molecular flexibility index (Phi) is 4.18. The monoisotopic (exact) mass is 279 g/mol. The maximum Gasteiger partial charge on any atom is 0.161 e. The molecule has 2 aliphatic rings. The van der Waals surface area contributed by atoms with Gasteiger partial charge in [0.25, 0.3) is 0 Å². The first-order valence-electron chi connectivity index (χ1n) is 7.06. The van der Waals surface area contributed by atoms with E-state index in [1.165, 1.54) is 17.7 Å². The maximum absolute atomic E-state index is 5.78. The van der Waals surface area contributed by atoms with Crippen LogP contribution in [0, 0.1) is 0 Å². The highest BCUT2D eigenvalue weighted by molar-refractivity contribution is 7.99. The Labute approximate surface area is 119 Å². The van der Waals surface area contributed by atoms with E-state index < -0.39 is 0 Å². The normalized spacial score (nSPS) is 27.4. The number of nitrogens with one attached hydrogen (secondary N) is 1. The lowest BCUT2D eigenvalue weighted by Gasteiger charge is -2.20. The molecular formula is C15H21NO2S. The van der Waals surface area contributed by atoms with Gasteiger partial charge >= 0.3 is 0 Å². The first-order chi connectivity index (χ1) is 9.33. The number of ether oxygens (including phenoxy) is 2. The molecule has 3 nitrogen and oxygen atoms in total. The van der Waals surface area contributed by atoms with Crippen molar-refractivity contribution in [3.8, 4) is 11.5 Å². The van der Waals surface area contributed by atoms with Gasteiger partial charge in [-0.1, -0.05) is 6.07 Å². The molecule has 0 bridgehead atoms. The molecule has 2 aliphatic heterocycles. The van der Waals surface area contributed by atoms with Crippen LogP contribution in [0.5, 0.6) is 11.5 Å². The average molecular weight is 279 g/mol. The van der Waals surface area contributed by atoms with Crippen LogP contribution in [0.1, 0.15) is 31.4 Å². The molecule has 19 heavy (non-hydrogen) atoms. The number of fused-ring (bicyclic) bond motifs is 1. The fourth-order valence-corrected chi connectivity index (χ4v) is 3.74. The predicted molar refractivity (Wildman–Crippen MR) is 79.3 cm³/mol. The zero-order chi connectivity index (χ0) is 13.1. The SMILES string of the molecule is CC1CCSCC(c2ccc3c(c2)OCCCO3)N1. The highest BCUT2D eigenvalue weighted by atomic mass is 32.2. The minimum atomic E-state index is 0.416. The molecule has 2 atom stereocenters. The van der Waals surface area contributed by atoms with Gasteiger partial charge < -0.3 is 14.8 Å². The van der Waals surface area contributed by atoms with Crippen LogP contribution in [0.4, 0.5) is 0 Å². The smallest absolute Gasteiger partial charge is 0.161 e. The van der Waals surface area contributed by atoms with E-state index in [1.54, 1.807) is 0 Å². The third kappa shape index (κ3) is 3.18. The molecule has 2 unspecified atom stereocenters. The van der Waals surface area contributed by atoms with E-state index in [4.69, 9.17) is 9.47 Å². The summed E-state index contributed by atoms with van der Waals surface area (Å²) in [6, 6.07) is 7.37. The van der Waals surface area contributed by atoms with Crippen molar-refractivity contribution >= 4 is 11.8 Å². The van der Waals surface area contributed by atoms with E-state index in [1.807, 2.05) is 11.8 Å². The fourth-order valence-electron chi connectivity index (χ4n) is 2.53. The van der Waals surface area contributed by atoms with Crippen LogP contribution in [0.25, 0.3) is 0 Å². The predicted octanol–water partition coefficient (Wildman–Crippen LogP) is 3.00. The molecule has 1 aromatic rings. The lowest BCUT2D eigenvalue weighted by molar-refractivity contribution is 0.297. The number of hydrogen-bond donors (Lipinski definition) is 1. The summed E-state index contributed by atoms with van der Waals surface area (Å²) in [5.74, 6) is 4.16. The molecule has 0 radical (unpaired) electrons. The summed E-state index contributed by atoms with van der Waals surface area (Å²) in [5, 5.41) is 3.70. The third-order valence-electron chi connectivity index (χ3n) is 3.64. The Morgan fingerprint density at radius 2 is 2.05 bits per heavy atom. The Morgan fingerprint density at radius 3 is 2.95 bits per heavy atom. The molecule has 0 saturated carbocycles. The minimum absolute atomic E-state index is 0.416. The number of thioether (sulfide) groups is 1. The Bertz CT molecular complexity index is 438. The van der Waals surface area contributed by atoms with Gasteiger partial charge in [-0.2, -0.15) is 11.8 Å². The number of hydrogen-bond acceptors (Lipinski definition) is 4. The Hall–Kier alpha value is -0.870. The summed E-state index contributed by atoms with van der Waals surface area (Å²) in [6.07, 6.45) is 2.20. The van der Waals surface area contributed by atoms with Gasteiger partial charge in [-0.25, -0.2) is 0 Å². The first-order valence-corrected chi connectivity index (χ1v) is 8.22. The van der Waals surface area contributed by atoms with E-state index in [2.05, 4.69) is 30.4 Å². The quantitative estimate of drug-likeness (QED) is 0.856. The molecule has 1 N–H and O–H groups in total. The van der Waals surface area contributed by atoms with Gasteiger partial charge in [0.05, 0.1) is 13.2 Å². The molecule has 1 aromatic carbocycles. The molecule has 0 aromatic heterocycles. The topological polar surface area (TPSA) is 30.5 Å². The van der Waals surface area contributed by atoms with E-state index in [9.17, 15) is 0 Å². The largest absolute Gasteiger partial charge is 0.490 e.